The molecule has 1 fully saturated rings. The average Bonchev–Trinajstić information content (AvgIpc) is 3.45. The Morgan fingerprint density at radius 1 is 0.967 bits per heavy atom. The Labute approximate surface area is 183 Å². The number of nitrogens with zero attached hydrogens (tertiary/aromatic N) is 6. The Morgan fingerprint density at radius 2 is 1.87 bits per heavy atom. The van der Waals surface area contributed by atoms with Gasteiger partial charge in [-0.25, -0.2) is 0 Å². The largest absolute Gasteiger partial charge is 0.475 e. The van der Waals surface area contributed by atoms with E-state index in [2.05, 4.69) is 47.8 Å². The third-order valence-electron chi connectivity index (χ3n) is 5.28. The zero-order valence-corrected chi connectivity index (χ0v) is 18.1. The van der Waals surface area contributed by atoms with Crippen molar-refractivity contribution in [2.24, 2.45) is 0 Å². The average molecular weight is 439 g/mol. The molecule has 0 amide bonds. The summed E-state index contributed by atoms with van der Waals surface area (Å²) >= 11 is 2.76. The lowest BCUT2D eigenvalue weighted by Gasteiger charge is -2.35. The molecule has 0 atom stereocenters. The second-order valence-electron chi connectivity index (χ2n) is 7.19. The van der Waals surface area contributed by atoms with Crippen molar-refractivity contribution in [2.45, 2.75) is 6.42 Å². The molecule has 1 aliphatic heterocycles. The number of pyridine rings is 1. The third kappa shape index (κ3) is 4.14. The number of fused-ring (bicyclic) bond motifs is 1. The molecule has 0 saturated carbocycles. The van der Waals surface area contributed by atoms with Crippen molar-refractivity contribution in [3.63, 3.8) is 0 Å². The molecule has 0 radical (unpaired) electrons. The maximum Gasteiger partial charge on any atom is 0.254 e. The number of piperazine rings is 1. The SMILES string of the molecule is c1cncc(-c2nsnc2OCCCN2CCN(c3nsc4ccccc34)CC2)c1. The molecule has 30 heavy (non-hydrogen) atoms. The van der Waals surface area contributed by atoms with Gasteiger partial charge in [-0.15, -0.1) is 4.37 Å². The van der Waals surface area contributed by atoms with Crippen molar-refractivity contribution in [3.8, 4) is 17.1 Å². The summed E-state index contributed by atoms with van der Waals surface area (Å²) in [6, 6.07) is 12.4. The van der Waals surface area contributed by atoms with Crippen LogP contribution in [0.5, 0.6) is 5.88 Å². The predicted octanol–water partition coefficient (Wildman–Crippen LogP) is 3.80. The van der Waals surface area contributed by atoms with E-state index in [0.717, 1.165) is 56.2 Å². The standard InChI is InChI=1S/C21H22N6OS2/c1-2-7-18-17(6-1)20(24-29-18)27-12-10-26(11-13-27)9-4-14-28-21-19(23-30-25-21)16-5-3-8-22-15-16/h1-3,5-8,15H,4,9-14H2. The molecule has 5 rings (SSSR count). The molecule has 154 valence electrons. The maximum absolute atomic E-state index is 5.91. The molecule has 4 heterocycles. The van der Waals surface area contributed by atoms with Crippen LogP contribution in [0.1, 0.15) is 6.42 Å². The summed E-state index contributed by atoms with van der Waals surface area (Å²) in [4.78, 5) is 9.05. The van der Waals surface area contributed by atoms with Crippen molar-refractivity contribution in [1.29, 1.82) is 0 Å². The van der Waals surface area contributed by atoms with Gasteiger partial charge in [0, 0.05) is 56.1 Å². The Hall–Kier alpha value is -2.62. The fraction of sp³-hybridized carbons (Fsp3) is 0.333. The van der Waals surface area contributed by atoms with Crippen LogP contribution >= 0.6 is 23.3 Å². The van der Waals surface area contributed by atoms with Crippen molar-refractivity contribution < 1.29 is 4.74 Å². The lowest BCUT2D eigenvalue weighted by Crippen LogP contribution is -2.47. The van der Waals surface area contributed by atoms with Crippen LogP contribution in [0.3, 0.4) is 0 Å². The third-order valence-corrected chi connectivity index (χ3v) is 6.61. The summed E-state index contributed by atoms with van der Waals surface area (Å²) in [5.41, 5.74) is 1.71. The molecule has 1 aliphatic rings. The van der Waals surface area contributed by atoms with Gasteiger partial charge in [0.2, 0.25) is 0 Å². The number of anilines is 1. The van der Waals surface area contributed by atoms with Gasteiger partial charge in [-0.2, -0.15) is 8.75 Å². The van der Waals surface area contributed by atoms with Gasteiger partial charge in [0.1, 0.15) is 11.5 Å². The summed E-state index contributed by atoms with van der Waals surface area (Å²) in [6.45, 7) is 5.77. The number of aromatic nitrogens is 4. The molecular formula is C21H22N6OS2. The number of hydrogen-bond acceptors (Lipinski definition) is 9. The van der Waals surface area contributed by atoms with Gasteiger partial charge in [-0.3, -0.25) is 9.88 Å². The monoisotopic (exact) mass is 438 g/mol. The molecular weight excluding hydrogens is 416 g/mol. The van der Waals surface area contributed by atoms with E-state index < -0.39 is 0 Å². The van der Waals surface area contributed by atoms with Crippen molar-refractivity contribution >= 4 is 39.2 Å². The predicted molar refractivity (Wildman–Crippen MR) is 122 cm³/mol. The van der Waals surface area contributed by atoms with Crippen LogP contribution in [0.4, 0.5) is 5.82 Å². The normalized spacial score (nSPS) is 15.0. The smallest absolute Gasteiger partial charge is 0.254 e. The first-order chi connectivity index (χ1) is 14.9. The van der Waals surface area contributed by atoms with Gasteiger partial charge in [0.15, 0.2) is 0 Å². The molecule has 4 aromatic rings. The first kappa shape index (κ1) is 19.3. The highest BCUT2D eigenvalue weighted by Gasteiger charge is 2.20. The van der Waals surface area contributed by atoms with Gasteiger partial charge in [-0.05, 0) is 42.2 Å². The number of ether oxygens (including phenoxy) is 1. The number of hydrogen-bond donors (Lipinski definition) is 0. The fourth-order valence-corrected chi connectivity index (χ4v) is 5.01. The summed E-state index contributed by atoms with van der Waals surface area (Å²) in [5.74, 6) is 1.74. The van der Waals surface area contributed by atoms with Crippen LogP contribution < -0.4 is 9.64 Å². The molecule has 9 heteroatoms. The van der Waals surface area contributed by atoms with E-state index in [4.69, 9.17) is 9.11 Å². The minimum absolute atomic E-state index is 0.605. The van der Waals surface area contributed by atoms with E-state index in [9.17, 15) is 0 Å². The molecule has 0 N–H and O–H groups in total. The second kappa shape index (κ2) is 9.03. The van der Waals surface area contributed by atoms with E-state index >= 15 is 0 Å². The van der Waals surface area contributed by atoms with Crippen LogP contribution in [-0.4, -0.2) is 62.3 Å². The fourth-order valence-electron chi connectivity index (χ4n) is 3.70. The summed E-state index contributed by atoms with van der Waals surface area (Å²) in [6.07, 6.45) is 4.50. The van der Waals surface area contributed by atoms with Crippen molar-refractivity contribution in [1.82, 2.24) is 23.0 Å². The lowest BCUT2D eigenvalue weighted by molar-refractivity contribution is 0.222. The van der Waals surface area contributed by atoms with Crippen molar-refractivity contribution in [2.75, 3.05) is 44.2 Å². The highest BCUT2D eigenvalue weighted by molar-refractivity contribution is 7.13. The van der Waals surface area contributed by atoms with Crippen LogP contribution in [-0.2, 0) is 0 Å². The first-order valence-corrected chi connectivity index (χ1v) is 11.6. The Morgan fingerprint density at radius 3 is 2.73 bits per heavy atom. The molecule has 0 spiro atoms. The summed E-state index contributed by atoms with van der Waals surface area (Å²) in [7, 11) is 0. The zero-order valence-electron chi connectivity index (χ0n) is 16.5. The summed E-state index contributed by atoms with van der Waals surface area (Å²) in [5, 5.41) is 1.27. The van der Waals surface area contributed by atoms with Crippen LogP contribution in [0.25, 0.3) is 21.3 Å². The molecule has 1 aromatic carbocycles. The van der Waals surface area contributed by atoms with E-state index in [1.54, 1.807) is 23.9 Å². The highest BCUT2D eigenvalue weighted by Crippen LogP contribution is 2.30. The highest BCUT2D eigenvalue weighted by atomic mass is 32.1. The van der Waals surface area contributed by atoms with E-state index in [0.29, 0.717) is 12.5 Å². The Bertz CT molecular complexity index is 1090. The van der Waals surface area contributed by atoms with Gasteiger partial charge >= 0.3 is 0 Å². The minimum atomic E-state index is 0.605. The quantitative estimate of drug-likeness (QED) is 0.407. The molecule has 0 aliphatic carbocycles. The van der Waals surface area contributed by atoms with Crippen LogP contribution in [0.2, 0.25) is 0 Å². The Balaban J connectivity index is 1.09. The second-order valence-corrected chi connectivity index (χ2v) is 8.53. The summed E-state index contributed by atoms with van der Waals surface area (Å²) < 4.78 is 20.5. The molecule has 0 bridgehead atoms. The molecule has 0 unspecified atom stereocenters. The van der Waals surface area contributed by atoms with Gasteiger partial charge in [0.25, 0.3) is 5.88 Å². The van der Waals surface area contributed by atoms with Gasteiger partial charge in [0.05, 0.1) is 23.0 Å². The zero-order chi connectivity index (χ0) is 20.2. The van der Waals surface area contributed by atoms with E-state index in [1.807, 2.05) is 12.1 Å². The van der Waals surface area contributed by atoms with Crippen LogP contribution in [0, 0.1) is 0 Å². The van der Waals surface area contributed by atoms with Gasteiger partial charge in [-0.1, -0.05) is 12.1 Å². The first-order valence-electron chi connectivity index (χ1n) is 10.1. The topological polar surface area (TPSA) is 67.3 Å². The van der Waals surface area contributed by atoms with E-state index in [-0.39, 0.29) is 0 Å². The van der Waals surface area contributed by atoms with Crippen molar-refractivity contribution in [3.05, 3.63) is 48.8 Å². The van der Waals surface area contributed by atoms with Crippen LogP contribution in [0.15, 0.2) is 48.8 Å². The Kier molecular flexibility index (Phi) is 5.82. The number of rotatable bonds is 7. The molecule has 1 saturated heterocycles. The molecule has 7 nitrogen and oxygen atoms in total. The maximum atomic E-state index is 5.91. The minimum Gasteiger partial charge on any atom is -0.475 e. The van der Waals surface area contributed by atoms with Gasteiger partial charge < -0.3 is 9.64 Å². The number of benzene rings is 1. The van der Waals surface area contributed by atoms with E-state index in [1.165, 1.54) is 21.8 Å². The molecule has 3 aromatic heterocycles. The lowest BCUT2D eigenvalue weighted by atomic mass is 10.2.